The summed E-state index contributed by atoms with van der Waals surface area (Å²) in [6, 6.07) is 10.6. The van der Waals surface area contributed by atoms with Gasteiger partial charge in [0.05, 0.1) is 6.04 Å². The van der Waals surface area contributed by atoms with E-state index in [0.717, 1.165) is 0 Å². The van der Waals surface area contributed by atoms with Gasteiger partial charge in [0.25, 0.3) is 0 Å². The number of nitrogens with two attached hydrogens (primary N) is 1. The van der Waals surface area contributed by atoms with Crippen LogP contribution in [0.15, 0.2) is 46.9 Å². The SMILES string of the molecule is NC(c1cc2cc(F)ccc2o1)c1c(Cl)cccc1Cl. The van der Waals surface area contributed by atoms with Crippen molar-refractivity contribution in [3.05, 3.63) is 69.7 Å². The highest BCUT2D eigenvalue weighted by Gasteiger charge is 2.19. The first-order valence-electron chi connectivity index (χ1n) is 5.95. The lowest BCUT2D eigenvalue weighted by molar-refractivity contribution is 0.524. The third kappa shape index (κ3) is 2.29. The molecule has 2 nitrogen and oxygen atoms in total. The van der Waals surface area contributed by atoms with E-state index in [0.29, 0.717) is 32.3 Å². The fourth-order valence-electron chi connectivity index (χ4n) is 2.14. The maximum Gasteiger partial charge on any atom is 0.134 e. The monoisotopic (exact) mass is 309 g/mol. The van der Waals surface area contributed by atoms with Crippen LogP contribution in [-0.2, 0) is 0 Å². The van der Waals surface area contributed by atoms with Crippen LogP contribution in [0.1, 0.15) is 17.4 Å². The minimum Gasteiger partial charge on any atom is -0.459 e. The van der Waals surface area contributed by atoms with Crippen molar-refractivity contribution in [1.82, 2.24) is 0 Å². The second-order valence-corrected chi connectivity index (χ2v) is 5.26. The predicted octanol–water partition coefficient (Wildman–Crippen LogP) is 4.93. The first-order valence-corrected chi connectivity index (χ1v) is 6.70. The third-order valence-electron chi connectivity index (χ3n) is 3.11. The van der Waals surface area contributed by atoms with Crippen LogP contribution >= 0.6 is 23.2 Å². The van der Waals surface area contributed by atoms with Crippen LogP contribution in [0.5, 0.6) is 0 Å². The average Bonchev–Trinajstić information content (AvgIpc) is 2.81. The van der Waals surface area contributed by atoms with Gasteiger partial charge < -0.3 is 10.2 Å². The van der Waals surface area contributed by atoms with Gasteiger partial charge in [0.15, 0.2) is 0 Å². The number of rotatable bonds is 2. The minimum atomic E-state index is -0.605. The second kappa shape index (κ2) is 5.09. The molecule has 0 aliphatic rings. The lowest BCUT2D eigenvalue weighted by Crippen LogP contribution is -2.12. The number of fused-ring (bicyclic) bond motifs is 1. The molecule has 20 heavy (non-hydrogen) atoms. The second-order valence-electron chi connectivity index (χ2n) is 4.44. The Kier molecular flexibility index (Phi) is 3.42. The zero-order valence-corrected chi connectivity index (χ0v) is 11.8. The molecule has 1 heterocycles. The standard InChI is InChI=1S/C15H10Cl2FNO/c16-10-2-1-3-11(17)14(10)15(19)13-7-8-6-9(18)4-5-12(8)20-13/h1-7,15H,19H2. The smallest absolute Gasteiger partial charge is 0.134 e. The van der Waals surface area contributed by atoms with Crippen molar-refractivity contribution in [1.29, 1.82) is 0 Å². The van der Waals surface area contributed by atoms with Crippen LogP contribution in [0.4, 0.5) is 4.39 Å². The van der Waals surface area contributed by atoms with Crippen LogP contribution in [-0.4, -0.2) is 0 Å². The highest BCUT2D eigenvalue weighted by atomic mass is 35.5. The molecular formula is C15H10Cl2FNO. The molecular weight excluding hydrogens is 300 g/mol. The topological polar surface area (TPSA) is 39.2 Å². The molecule has 1 aromatic heterocycles. The van der Waals surface area contributed by atoms with Crippen LogP contribution in [0.25, 0.3) is 11.0 Å². The lowest BCUT2D eigenvalue weighted by Gasteiger charge is -2.12. The van der Waals surface area contributed by atoms with Gasteiger partial charge in [0.1, 0.15) is 17.2 Å². The molecule has 102 valence electrons. The van der Waals surface area contributed by atoms with Crippen LogP contribution < -0.4 is 5.73 Å². The number of halogens is 3. The van der Waals surface area contributed by atoms with Crippen molar-refractivity contribution in [3.63, 3.8) is 0 Å². The van der Waals surface area contributed by atoms with E-state index in [1.807, 2.05) is 0 Å². The van der Waals surface area contributed by atoms with E-state index in [2.05, 4.69) is 0 Å². The number of benzene rings is 2. The molecule has 3 rings (SSSR count). The van der Waals surface area contributed by atoms with Gasteiger partial charge in [-0.15, -0.1) is 0 Å². The normalized spacial score (nSPS) is 12.8. The van der Waals surface area contributed by atoms with E-state index < -0.39 is 6.04 Å². The molecule has 0 bridgehead atoms. The van der Waals surface area contributed by atoms with Crippen molar-refractivity contribution in [2.24, 2.45) is 5.73 Å². The van der Waals surface area contributed by atoms with E-state index in [4.69, 9.17) is 33.4 Å². The summed E-state index contributed by atoms with van der Waals surface area (Å²) in [5.41, 5.74) is 7.33. The fraction of sp³-hybridized carbons (Fsp3) is 0.0667. The predicted molar refractivity (Wildman–Crippen MR) is 78.7 cm³/mol. The van der Waals surface area contributed by atoms with Gasteiger partial charge in [-0.25, -0.2) is 4.39 Å². The molecule has 1 unspecified atom stereocenters. The van der Waals surface area contributed by atoms with Gasteiger partial charge in [0.2, 0.25) is 0 Å². The summed E-state index contributed by atoms with van der Waals surface area (Å²) in [4.78, 5) is 0. The Morgan fingerprint density at radius 2 is 1.75 bits per heavy atom. The maximum absolute atomic E-state index is 13.2. The maximum atomic E-state index is 13.2. The number of furan rings is 1. The van der Waals surface area contributed by atoms with E-state index in [1.165, 1.54) is 12.1 Å². The Morgan fingerprint density at radius 1 is 1.05 bits per heavy atom. The highest BCUT2D eigenvalue weighted by Crippen LogP contribution is 2.34. The van der Waals surface area contributed by atoms with Crippen LogP contribution in [0.2, 0.25) is 10.0 Å². The van der Waals surface area contributed by atoms with E-state index in [1.54, 1.807) is 30.3 Å². The highest BCUT2D eigenvalue weighted by molar-refractivity contribution is 6.36. The lowest BCUT2D eigenvalue weighted by atomic mass is 10.1. The van der Waals surface area contributed by atoms with Crippen molar-refractivity contribution >= 4 is 34.2 Å². The van der Waals surface area contributed by atoms with E-state index in [9.17, 15) is 4.39 Å². The van der Waals surface area contributed by atoms with E-state index >= 15 is 0 Å². The minimum absolute atomic E-state index is 0.325. The third-order valence-corrected chi connectivity index (χ3v) is 3.77. The summed E-state index contributed by atoms with van der Waals surface area (Å²) in [6.45, 7) is 0. The summed E-state index contributed by atoms with van der Waals surface area (Å²) in [6.07, 6.45) is 0. The first-order chi connectivity index (χ1) is 9.56. The van der Waals surface area contributed by atoms with Crippen molar-refractivity contribution < 1.29 is 8.81 Å². The van der Waals surface area contributed by atoms with Gasteiger partial charge in [-0.2, -0.15) is 0 Å². The summed E-state index contributed by atoms with van der Waals surface area (Å²) < 4.78 is 18.8. The largest absolute Gasteiger partial charge is 0.459 e. The van der Waals surface area contributed by atoms with Gasteiger partial charge >= 0.3 is 0 Å². The molecule has 0 fully saturated rings. The van der Waals surface area contributed by atoms with Crippen molar-refractivity contribution in [2.75, 3.05) is 0 Å². The summed E-state index contributed by atoms with van der Waals surface area (Å²) in [5, 5.41) is 1.59. The van der Waals surface area contributed by atoms with Gasteiger partial charge in [-0.3, -0.25) is 0 Å². The van der Waals surface area contributed by atoms with Gasteiger partial charge in [0, 0.05) is 21.0 Å². The average molecular weight is 310 g/mol. The Bertz CT molecular complexity index is 764. The van der Waals surface area contributed by atoms with Gasteiger partial charge in [-0.05, 0) is 36.4 Å². The number of hydrogen-bond donors (Lipinski definition) is 1. The van der Waals surface area contributed by atoms with Crippen LogP contribution in [0.3, 0.4) is 0 Å². The zero-order valence-electron chi connectivity index (χ0n) is 10.2. The van der Waals surface area contributed by atoms with E-state index in [-0.39, 0.29) is 5.82 Å². The Labute approximate surface area is 124 Å². The summed E-state index contributed by atoms with van der Waals surface area (Å²) in [5.74, 6) is 0.162. The summed E-state index contributed by atoms with van der Waals surface area (Å²) >= 11 is 12.3. The molecule has 0 aliphatic heterocycles. The fourth-order valence-corrected chi connectivity index (χ4v) is 2.77. The quantitative estimate of drug-likeness (QED) is 0.729. The Morgan fingerprint density at radius 3 is 2.45 bits per heavy atom. The molecule has 0 saturated heterocycles. The molecule has 3 aromatic rings. The first kappa shape index (κ1) is 13.4. The molecule has 0 saturated carbocycles. The van der Waals surface area contributed by atoms with Crippen LogP contribution in [0, 0.1) is 5.82 Å². The molecule has 0 amide bonds. The van der Waals surface area contributed by atoms with Gasteiger partial charge in [-0.1, -0.05) is 29.3 Å². The molecule has 2 aromatic carbocycles. The molecule has 0 radical (unpaired) electrons. The Balaban J connectivity index is 2.10. The molecule has 2 N–H and O–H groups in total. The Hall–Kier alpha value is -1.55. The van der Waals surface area contributed by atoms with Crippen molar-refractivity contribution in [2.45, 2.75) is 6.04 Å². The molecule has 0 spiro atoms. The molecule has 5 heteroatoms. The number of hydrogen-bond acceptors (Lipinski definition) is 2. The van der Waals surface area contributed by atoms with Crippen molar-refractivity contribution in [3.8, 4) is 0 Å². The molecule has 0 aliphatic carbocycles. The summed E-state index contributed by atoms with van der Waals surface area (Å²) in [7, 11) is 0. The zero-order chi connectivity index (χ0) is 14.3. The molecule has 1 atom stereocenters.